The molecule has 1 rings (SSSR count). The van der Waals surface area contributed by atoms with Gasteiger partial charge >= 0.3 is 0 Å². The fraction of sp³-hybridized carbons (Fsp3) is 1.00. The Morgan fingerprint density at radius 3 is 2.64 bits per heavy atom. The Hall–Kier alpha value is 0.480. The van der Waals surface area contributed by atoms with Crippen LogP contribution in [-0.4, -0.2) is 4.83 Å². The maximum Gasteiger partial charge on any atom is 0.0171 e. The van der Waals surface area contributed by atoms with E-state index in [1.807, 2.05) is 0 Å². The van der Waals surface area contributed by atoms with Gasteiger partial charge in [-0.2, -0.15) is 0 Å². The van der Waals surface area contributed by atoms with Crippen molar-refractivity contribution in [3.05, 3.63) is 0 Å². The number of hydrogen-bond donors (Lipinski definition) is 0. The molecule has 11 heavy (non-hydrogen) atoms. The van der Waals surface area contributed by atoms with E-state index in [1.54, 1.807) is 0 Å². The van der Waals surface area contributed by atoms with Gasteiger partial charge in [0.2, 0.25) is 0 Å². The minimum atomic E-state index is 0.801. The predicted molar refractivity (Wildman–Crippen MR) is 54.1 cm³/mol. The average molecular weight is 219 g/mol. The zero-order valence-electron chi connectivity index (χ0n) is 7.65. The molecule has 0 bridgehead atoms. The summed E-state index contributed by atoms with van der Waals surface area (Å²) in [5.74, 6) is 1.93. The molecular weight excluding hydrogens is 200 g/mol. The molecule has 0 spiro atoms. The Balaban J connectivity index is 2.28. The van der Waals surface area contributed by atoms with Crippen LogP contribution in [-0.2, 0) is 0 Å². The molecule has 1 fully saturated rings. The van der Waals surface area contributed by atoms with Crippen LogP contribution in [0.1, 0.15) is 46.0 Å². The summed E-state index contributed by atoms with van der Waals surface area (Å²) in [6.07, 6.45) is 7.11. The van der Waals surface area contributed by atoms with Crippen molar-refractivity contribution >= 4 is 15.9 Å². The second kappa shape index (κ2) is 4.49. The Kier molecular flexibility index (Phi) is 3.91. The molecule has 3 atom stereocenters. The van der Waals surface area contributed by atoms with Crippen molar-refractivity contribution in [2.75, 3.05) is 0 Å². The zero-order valence-corrected chi connectivity index (χ0v) is 9.23. The van der Waals surface area contributed by atoms with E-state index in [4.69, 9.17) is 0 Å². The number of halogens is 1. The summed E-state index contributed by atoms with van der Waals surface area (Å²) in [4.78, 5) is 0.801. The fourth-order valence-electron chi connectivity index (χ4n) is 2.14. The van der Waals surface area contributed by atoms with Gasteiger partial charge in [0.05, 0.1) is 0 Å². The highest BCUT2D eigenvalue weighted by atomic mass is 79.9. The highest BCUT2D eigenvalue weighted by Gasteiger charge is 2.24. The molecule has 1 heteroatoms. The molecule has 0 aliphatic heterocycles. The first kappa shape index (κ1) is 9.57. The summed E-state index contributed by atoms with van der Waals surface area (Å²) >= 11 is 3.73. The molecule has 0 aromatic carbocycles. The second-order valence-corrected chi connectivity index (χ2v) is 5.14. The van der Waals surface area contributed by atoms with Crippen LogP contribution in [0.5, 0.6) is 0 Å². The van der Waals surface area contributed by atoms with Crippen LogP contribution in [0.25, 0.3) is 0 Å². The van der Waals surface area contributed by atoms with E-state index in [9.17, 15) is 0 Å². The third kappa shape index (κ3) is 2.77. The Morgan fingerprint density at radius 2 is 2.09 bits per heavy atom. The largest absolute Gasteiger partial charge is 0.0888 e. The van der Waals surface area contributed by atoms with Gasteiger partial charge in [-0.1, -0.05) is 42.6 Å². The maximum atomic E-state index is 3.73. The Labute approximate surface area is 78.9 Å². The van der Waals surface area contributed by atoms with Gasteiger partial charge in [0.15, 0.2) is 0 Å². The molecular formula is C10H19Br. The van der Waals surface area contributed by atoms with Crippen molar-refractivity contribution in [3.8, 4) is 0 Å². The molecule has 1 aliphatic rings. The summed E-state index contributed by atoms with van der Waals surface area (Å²) in [5, 5.41) is 0. The standard InChI is InChI=1S/C10H19Br/c1-3-4-9-5-6-10(11)8(2)7-9/h8-10H,3-7H2,1-2H3. The topological polar surface area (TPSA) is 0 Å². The van der Waals surface area contributed by atoms with Crippen molar-refractivity contribution in [1.29, 1.82) is 0 Å². The SMILES string of the molecule is CCCC1CCC(Br)C(C)C1. The predicted octanol–water partition coefficient (Wildman–Crippen LogP) is 3.99. The highest BCUT2D eigenvalue weighted by Crippen LogP contribution is 2.35. The molecule has 0 radical (unpaired) electrons. The molecule has 0 heterocycles. The van der Waals surface area contributed by atoms with Crippen LogP contribution in [0, 0.1) is 11.8 Å². The van der Waals surface area contributed by atoms with Gasteiger partial charge in [0.25, 0.3) is 0 Å². The van der Waals surface area contributed by atoms with E-state index in [-0.39, 0.29) is 0 Å². The van der Waals surface area contributed by atoms with Crippen LogP contribution in [0.4, 0.5) is 0 Å². The molecule has 0 aromatic heterocycles. The van der Waals surface area contributed by atoms with Gasteiger partial charge in [-0.25, -0.2) is 0 Å². The van der Waals surface area contributed by atoms with Gasteiger partial charge in [-0.05, 0) is 31.1 Å². The summed E-state index contributed by atoms with van der Waals surface area (Å²) < 4.78 is 0. The smallest absolute Gasteiger partial charge is 0.0171 e. The number of hydrogen-bond acceptors (Lipinski definition) is 0. The van der Waals surface area contributed by atoms with E-state index >= 15 is 0 Å². The van der Waals surface area contributed by atoms with Crippen LogP contribution in [0.3, 0.4) is 0 Å². The first-order chi connectivity index (χ1) is 5.24. The van der Waals surface area contributed by atoms with Crippen LogP contribution in [0.2, 0.25) is 0 Å². The molecule has 0 aromatic rings. The first-order valence-corrected chi connectivity index (χ1v) is 5.79. The highest BCUT2D eigenvalue weighted by molar-refractivity contribution is 9.09. The lowest BCUT2D eigenvalue weighted by molar-refractivity contribution is 0.279. The van der Waals surface area contributed by atoms with Gasteiger partial charge < -0.3 is 0 Å². The molecule has 0 amide bonds. The summed E-state index contributed by atoms with van der Waals surface area (Å²) in [6.45, 7) is 4.67. The third-order valence-electron chi connectivity index (χ3n) is 2.87. The van der Waals surface area contributed by atoms with Crippen molar-refractivity contribution in [1.82, 2.24) is 0 Å². The van der Waals surface area contributed by atoms with Crippen molar-refractivity contribution < 1.29 is 0 Å². The third-order valence-corrected chi connectivity index (χ3v) is 4.23. The summed E-state index contributed by atoms with van der Waals surface area (Å²) in [6, 6.07) is 0. The average Bonchev–Trinajstić information content (AvgIpc) is 1.98. The maximum absolute atomic E-state index is 3.73. The fourth-order valence-corrected chi connectivity index (χ4v) is 2.62. The quantitative estimate of drug-likeness (QED) is 0.616. The number of rotatable bonds is 2. The lowest BCUT2D eigenvalue weighted by Crippen LogP contribution is -2.22. The molecule has 0 saturated heterocycles. The van der Waals surface area contributed by atoms with E-state index < -0.39 is 0 Å². The first-order valence-electron chi connectivity index (χ1n) is 4.88. The molecule has 1 aliphatic carbocycles. The molecule has 0 nitrogen and oxygen atoms in total. The van der Waals surface area contributed by atoms with Gasteiger partial charge in [0.1, 0.15) is 0 Å². The summed E-state index contributed by atoms with van der Waals surface area (Å²) in [5.41, 5.74) is 0. The van der Waals surface area contributed by atoms with Gasteiger partial charge in [-0.15, -0.1) is 0 Å². The Morgan fingerprint density at radius 1 is 1.36 bits per heavy atom. The van der Waals surface area contributed by atoms with Crippen LogP contribution >= 0.6 is 15.9 Å². The molecule has 66 valence electrons. The Bertz CT molecular complexity index is 111. The second-order valence-electron chi connectivity index (χ2n) is 3.96. The van der Waals surface area contributed by atoms with E-state index in [0.29, 0.717) is 0 Å². The number of alkyl halides is 1. The van der Waals surface area contributed by atoms with E-state index in [2.05, 4.69) is 29.8 Å². The van der Waals surface area contributed by atoms with Gasteiger partial charge in [-0.3, -0.25) is 0 Å². The van der Waals surface area contributed by atoms with Crippen molar-refractivity contribution in [2.24, 2.45) is 11.8 Å². The minimum absolute atomic E-state index is 0.801. The van der Waals surface area contributed by atoms with Crippen molar-refractivity contribution in [3.63, 3.8) is 0 Å². The molecule has 1 saturated carbocycles. The molecule has 3 unspecified atom stereocenters. The van der Waals surface area contributed by atoms with E-state index in [1.165, 1.54) is 32.1 Å². The lowest BCUT2D eigenvalue weighted by Gasteiger charge is -2.30. The zero-order chi connectivity index (χ0) is 8.27. The van der Waals surface area contributed by atoms with Gasteiger partial charge in [0, 0.05) is 4.83 Å². The van der Waals surface area contributed by atoms with Crippen LogP contribution < -0.4 is 0 Å². The van der Waals surface area contributed by atoms with Crippen molar-refractivity contribution in [2.45, 2.75) is 50.8 Å². The normalized spacial score (nSPS) is 39.0. The van der Waals surface area contributed by atoms with Crippen LogP contribution in [0.15, 0.2) is 0 Å². The minimum Gasteiger partial charge on any atom is -0.0888 e. The summed E-state index contributed by atoms with van der Waals surface area (Å²) in [7, 11) is 0. The molecule has 0 N–H and O–H groups in total. The lowest BCUT2D eigenvalue weighted by atomic mass is 9.80. The monoisotopic (exact) mass is 218 g/mol. The van der Waals surface area contributed by atoms with E-state index in [0.717, 1.165) is 16.7 Å².